The molecule has 1 aromatic carbocycles. The summed E-state index contributed by atoms with van der Waals surface area (Å²) in [5, 5.41) is 8.10. The van der Waals surface area contributed by atoms with E-state index in [-0.39, 0.29) is 5.91 Å². The van der Waals surface area contributed by atoms with Gasteiger partial charge in [0.1, 0.15) is 5.67 Å². The first-order valence-corrected chi connectivity index (χ1v) is 8.47. The van der Waals surface area contributed by atoms with Gasteiger partial charge in [0.05, 0.1) is 0 Å². The summed E-state index contributed by atoms with van der Waals surface area (Å²) in [5.41, 5.74) is -1.04. The Morgan fingerprint density at radius 2 is 1.88 bits per heavy atom. The molecule has 0 unspecified atom stereocenters. The van der Waals surface area contributed by atoms with Gasteiger partial charge in [0.2, 0.25) is 5.91 Å². The Labute approximate surface area is 142 Å². The van der Waals surface area contributed by atoms with E-state index in [4.69, 9.17) is 6.42 Å². The first-order valence-electron chi connectivity index (χ1n) is 8.47. The van der Waals surface area contributed by atoms with Gasteiger partial charge in [-0.1, -0.05) is 30.3 Å². The third kappa shape index (κ3) is 3.64. The lowest BCUT2D eigenvalue weighted by atomic mass is 9.86. The van der Waals surface area contributed by atoms with Crippen molar-refractivity contribution in [2.75, 3.05) is 13.1 Å². The van der Waals surface area contributed by atoms with Crippen LogP contribution in [-0.2, 0) is 10.5 Å². The second-order valence-corrected chi connectivity index (χ2v) is 6.60. The van der Waals surface area contributed by atoms with Crippen molar-refractivity contribution < 1.29 is 9.18 Å². The van der Waals surface area contributed by atoms with Gasteiger partial charge in [0.25, 0.3) is 0 Å². The lowest BCUT2D eigenvalue weighted by Crippen LogP contribution is -2.43. The monoisotopic (exact) mass is 327 g/mol. The first kappa shape index (κ1) is 16.6. The summed E-state index contributed by atoms with van der Waals surface area (Å²) in [6, 6.07) is 9.24. The van der Waals surface area contributed by atoms with Crippen molar-refractivity contribution in [3.8, 4) is 12.3 Å². The van der Waals surface area contributed by atoms with E-state index in [2.05, 4.69) is 16.1 Å². The van der Waals surface area contributed by atoms with Gasteiger partial charge in [-0.15, -0.1) is 12.3 Å². The normalized spacial score (nSPS) is 20.4. The molecule has 2 aliphatic heterocycles. The minimum Gasteiger partial charge on any atom is -0.342 e. The number of alkyl halides is 1. The van der Waals surface area contributed by atoms with Crippen LogP contribution in [0.25, 0.3) is 0 Å². The smallest absolute Gasteiger partial charge is 0.222 e. The van der Waals surface area contributed by atoms with Gasteiger partial charge in [0, 0.05) is 51.6 Å². The van der Waals surface area contributed by atoms with E-state index in [1.165, 1.54) is 0 Å². The minimum atomic E-state index is -1.33. The fourth-order valence-electron chi connectivity index (χ4n) is 3.27. The molecule has 0 radical (unpaired) electrons. The fraction of sp³-hybridized carbons (Fsp3) is 0.526. The number of amides is 1. The average molecular weight is 327 g/mol. The minimum absolute atomic E-state index is 0.0579. The summed E-state index contributed by atoms with van der Waals surface area (Å²) in [6.07, 6.45) is 8.28. The Morgan fingerprint density at radius 3 is 2.46 bits per heavy atom. The van der Waals surface area contributed by atoms with Crippen LogP contribution < -0.4 is 0 Å². The molecule has 0 spiro atoms. The summed E-state index contributed by atoms with van der Waals surface area (Å²) in [6.45, 7) is 0.908. The van der Waals surface area contributed by atoms with Gasteiger partial charge < -0.3 is 4.90 Å². The Balaban J connectivity index is 1.48. The van der Waals surface area contributed by atoms with Gasteiger partial charge in [-0.3, -0.25) is 4.79 Å². The molecule has 126 valence electrons. The van der Waals surface area contributed by atoms with Crippen molar-refractivity contribution in [2.45, 2.75) is 49.9 Å². The summed E-state index contributed by atoms with van der Waals surface area (Å²) >= 11 is 0. The van der Waals surface area contributed by atoms with Crippen molar-refractivity contribution in [3.63, 3.8) is 0 Å². The Hall–Kier alpha value is -2.22. The van der Waals surface area contributed by atoms with Gasteiger partial charge >= 0.3 is 0 Å². The quantitative estimate of drug-likeness (QED) is 0.732. The van der Waals surface area contributed by atoms with Crippen LogP contribution in [0.4, 0.5) is 4.39 Å². The molecule has 0 bridgehead atoms. The zero-order chi connectivity index (χ0) is 17.0. The van der Waals surface area contributed by atoms with E-state index < -0.39 is 11.3 Å². The molecular weight excluding hydrogens is 305 g/mol. The summed E-state index contributed by atoms with van der Waals surface area (Å²) in [5.74, 6) is 2.64. The maximum Gasteiger partial charge on any atom is 0.222 e. The van der Waals surface area contributed by atoms with Gasteiger partial charge in [-0.05, 0) is 5.56 Å². The largest absolute Gasteiger partial charge is 0.342 e. The number of hydrogen-bond donors (Lipinski definition) is 0. The van der Waals surface area contributed by atoms with Crippen LogP contribution in [0.15, 0.2) is 40.6 Å². The van der Waals surface area contributed by atoms with Crippen molar-refractivity contribution in [1.29, 1.82) is 0 Å². The molecule has 0 N–H and O–H groups in total. The zero-order valence-corrected chi connectivity index (χ0v) is 13.7. The lowest BCUT2D eigenvalue weighted by molar-refractivity contribution is -0.134. The molecule has 4 nitrogen and oxygen atoms in total. The highest BCUT2D eigenvalue weighted by Gasteiger charge is 2.41. The van der Waals surface area contributed by atoms with E-state index in [0.717, 1.165) is 0 Å². The van der Waals surface area contributed by atoms with Crippen molar-refractivity contribution >= 4 is 5.91 Å². The Bertz CT molecular complexity index is 651. The standard InChI is InChI=1S/C19H22FN3O/c1-2-3-10-19(21-22-19)11-9-17(24)23-14-12-18(20,13-15-23)16-7-5-4-6-8-16/h1,4-8H,3,9-15H2. The summed E-state index contributed by atoms with van der Waals surface area (Å²) in [4.78, 5) is 14.1. The molecular formula is C19H22FN3O. The van der Waals surface area contributed by atoms with Crippen molar-refractivity contribution in [1.82, 2.24) is 4.90 Å². The van der Waals surface area contributed by atoms with E-state index in [0.29, 0.717) is 57.2 Å². The number of hydrogen-bond acceptors (Lipinski definition) is 3. The van der Waals surface area contributed by atoms with Gasteiger partial charge in [0.15, 0.2) is 5.66 Å². The molecule has 24 heavy (non-hydrogen) atoms. The van der Waals surface area contributed by atoms with E-state index >= 15 is 4.39 Å². The molecule has 1 saturated heterocycles. The molecule has 1 aromatic rings. The summed E-state index contributed by atoms with van der Waals surface area (Å²) in [7, 11) is 0. The van der Waals surface area contributed by atoms with E-state index in [1.807, 2.05) is 30.3 Å². The van der Waals surface area contributed by atoms with Crippen molar-refractivity contribution in [3.05, 3.63) is 35.9 Å². The molecule has 3 rings (SSSR count). The van der Waals surface area contributed by atoms with E-state index in [9.17, 15) is 4.79 Å². The second-order valence-electron chi connectivity index (χ2n) is 6.60. The number of piperidine rings is 1. The topological polar surface area (TPSA) is 45.0 Å². The highest BCUT2D eigenvalue weighted by atomic mass is 19.1. The average Bonchev–Trinajstić information content (AvgIpc) is 3.40. The fourth-order valence-corrected chi connectivity index (χ4v) is 3.27. The highest BCUT2D eigenvalue weighted by molar-refractivity contribution is 5.76. The molecule has 5 heteroatoms. The molecule has 0 saturated carbocycles. The van der Waals surface area contributed by atoms with Crippen LogP contribution in [0.1, 0.15) is 44.1 Å². The van der Waals surface area contributed by atoms with E-state index in [1.54, 1.807) is 4.90 Å². The molecule has 0 atom stereocenters. The van der Waals surface area contributed by atoms with Crippen LogP contribution in [0.3, 0.4) is 0 Å². The predicted molar refractivity (Wildman–Crippen MR) is 89.9 cm³/mol. The number of terminal acetylenes is 1. The summed E-state index contributed by atoms with van der Waals surface area (Å²) < 4.78 is 15.1. The lowest BCUT2D eigenvalue weighted by Gasteiger charge is -2.37. The maximum atomic E-state index is 15.1. The predicted octanol–water partition coefficient (Wildman–Crippen LogP) is 3.83. The molecule has 2 heterocycles. The number of rotatable bonds is 6. The van der Waals surface area contributed by atoms with Crippen LogP contribution in [0.2, 0.25) is 0 Å². The van der Waals surface area contributed by atoms with Crippen LogP contribution in [0, 0.1) is 12.3 Å². The molecule has 2 aliphatic rings. The first-order chi connectivity index (χ1) is 11.6. The SMILES string of the molecule is C#CCCC1(CCC(=O)N2CCC(F)(c3ccccc3)CC2)N=N1. The number of nitrogens with zero attached hydrogens (tertiary/aromatic N) is 3. The Morgan fingerprint density at radius 1 is 1.21 bits per heavy atom. The number of halogens is 1. The third-order valence-corrected chi connectivity index (χ3v) is 4.99. The van der Waals surface area contributed by atoms with Crippen LogP contribution in [0.5, 0.6) is 0 Å². The highest BCUT2D eigenvalue weighted by Crippen LogP contribution is 2.39. The molecule has 0 aromatic heterocycles. The number of carbonyl (C=O) groups is 1. The molecule has 1 fully saturated rings. The third-order valence-electron chi connectivity index (χ3n) is 4.99. The second kappa shape index (κ2) is 6.72. The number of likely N-dealkylation sites (tertiary alicyclic amines) is 1. The molecule has 0 aliphatic carbocycles. The van der Waals surface area contributed by atoms with Crippen LogP contribution >= 0.6 is 0 Å². The number of benzene rings is 1. The van der Waals surface area contributed by atoms with Gasteiger partial charge in [-0.25, -0.2) is 4.39 Å². The van der Waals surface area contributed by atoms with Crippen LogP contribution in [-0.4, -0.2) is 29.6 Å². The zero-order valence-electron chi connectivity index (χ0n) is 13.7. The van der Waals surface area contributed by atoms with Crippen molar-refractivity contribution in [2.24, 2.45) is 10.2 Å². The maximum absolute atomic E-state index is 15.1. The number of carbonyl (C=O) groups excluding carboxylic acids is 1. The van der Waals surface area contributed by atoms with Gasteiger partial charge in [-0.2, -0.15) is 10.2 Å². The molecule has 1 amide bonds. The Kier molecular flexibility index (Phi) is 4.66.